The fourth-order valence-electron chi connectivity index (χ4n) is 2.79. The lowest BCUT2D eigenvalue weighted by molar-refractivity contribution is -0.384. The molecule has 0 aliphatic carbocycles. The highest BCUT2D eigenvalue weighted by molar-refractivity contribution is 7.89. The van der Waals surface area contributed by atoms with Crippen LogP contribution in [0.2, 0.25) is 0 Å². The van der Waals surface area contributed by atoms with E-state index >= 15 is 0 Å². The normalized spacial score (nSPS) is 14.8. The summed E-state index contributed by atoms with van der Waals surface area (Å²) in [4.78, 5) is 22.5. The molecule has 3 rings (SSSR count). The minimum absolute atomic E-state index is 0.0662. The Labute approximate surface area is 156 Å². The summed E-state index contributed by atoms with van der Waals surface area (Å²) in [6.07, 6.45) is 1.71. The first-order valence-corrected chi connectivity index (χ1v) is 9.82. The van der Waals surface area contributed by atoms with Gasteiger partial charge in [0.1, 0.15) is 5.75 Å². The second kappa shape index (κ2) is 7.85. The van der Waals surface area contributed by atoms with Crippen LogP contribution in [0.3, 0.4) is 0 Å². The van der Waals surface area contributed by atoms with Crippen molar-refractivity contribution in [2.45, 2.75) is 17.7 Å². The Morgan fingerprint density at radius 2 is 1.63 bits per heavy atom. The number of ketones is 1. The zero-order chi connectivity index (χ0) is 19.4. The molecule has 1 aliphatic heterocycles. The van der Waals surface area contributed by atoms with Gasteiger partial charge in [0.2, 0.25) is 10.0 Å². The van der Waals surface area contributed by atoms with Crippen LogP contribution in [-0.4, -0.2) is 43.1 Å². The molecule has 1 aliphatic rings. The summed E-state index contributed by atoms with van der Waals surface area (Å²) in [5.74, 6) is 0.0145. The fraction of sp³-hybridized carbons (Fsp3) is 0.278. The first-order valence-electron chi connectivity index (χ1n) is 8.38. The molecular weight excluding hydrogens is 372 g/mol. The number of Topliss-reactive ketones (excluding diaryl/α,β-unsaturated/α-hetero) is 1. The molecule has 142 valence electrons. The predicted molar refractivity (Wildman–Crippen MR) is 97.4 cm³/mol. The van der Waals surface area contributed by atoms with Gasteiger partial charge < -0.3 is 4.74 Å². The van der Waals surface area contributed by atoms with E-state index in [4.69, 9.17) is 4.74 Å². The number of sulfonamides is 1. The summed E-state index contributed by atoms with van der Waals surface area (Å²) in [5, 5.41) is 10.6. The molecule has 0 saturated carbocycles. The number of rotatable bonds is 7. The van der Waals surface area contributed by atoms with Crippen molar-refractivity contribution in [1.29, 1.82) is 0 Å². The quantitative estimate of drug-likeness (QED) is 0.409. The lowest BCUT2D eigenvalue weighted by atomic mass is 10.1. The number of ether oxygens (including phenoxy) is 1. The average molecular weight is 390 g/mol. The van der Waals surface area contributed by atoms with Gasteiger partial charge in [-0.05, 0) is 49.2 Å². The molecule has 8 nitrogen and oxygen atoms in total. The smallest absolute Gasteiger partial charge is 0.269 e. The maximum Gasteiger partial charge on any atom is 0.269 e. The molecule has 9 heteroatoms. The topological polar surface area (TPSA) is 107 Å². The fourth-order valence-corrected chi connectivity index (χ4v) is 4.30. The van der Waals surface area contributed by atoms with Crippen molar-refractivity contribution in [3.05, 3.63) is 64.2 Å². The third-order valence-corrected chi connectivity index (χ3v) is 6.21. The van der Waals surface area contributed by atoms with Crippen molar-refractivity contribution in [2.24, 2.45) is 0 Å². The highest BCUT2D eigenvalue weighted by Gasteiger charge is 2.27. The average Bonchev–Trinajstić information content (AvgIpc) is 3.22. The van der Waals surface area contributed by atoms with Crippen molar-refractivity contribution >= 4 is 21.5 Å². The number of hydrogen-bond donors (Lipinski definition) is 0. The molecule has 0 N–H and O–H groups in total. The Morgan fingerprint density at radius 3 is 2.19 bits per heavy atom. The van der Waals surface area contributed by atoms with Crippen molar-refractivity contribution in [3.63, 3.8) is 0 Å². The number of nitro benzene ring substituents is 1. The van der Waals surface area contributed by atoms with E-state index in [1.807, 2.05) is 0 Å². The number of carbonyl (C=O) groups is 1. The lowest BCUT2D eigenvalue weighted by Crippen LogP contribution is -2.27. The van der Waals surface area contributed by atoms with E-state index in [1.54, 1.807) is 0 Å². The van der Waals surface area contributed by atoms with Gasteiger partial charge in [0.15, 0.2) is 12.4 Å². The Kier molecular flexibility index (Phi) is 5.52. The maximum absolute atomic E-state index is 12.5. The Bertz CT molecular complexity index is 933. The summed E-state index contributed by atoms with van der Waals surface area (Å²) in [6.45, 7) is 0.786. The molecule has 27 heavy (non-hydrogen) atoms. The zero-order valence-corrected chi connectivity index (χ0v) is 15.2. The number of non-ortho nitro benzene ring substituents is 1. The number of carbonyl (C=O) groups excluding carboxylic acids is 1. The molecule has 0 radical (unpaired) electrons. The molecule has 2 aromatic carbocycles. The van der Waals surface area contributed by atoms with Crippen LogP contribution in [0.5, 0.6) is 5.75 Å². The molecule has 0 unspecified atom stereocenters. The summed E-state index contributed by atoms with van der Waals surface area (Å²) in [7, 11) is -3.51. The molecule has 2 aromatic rings. The van der Waals surface area contributed by atoms with Crippen LogP contribution < -0.4 is 4.74 Å². The number of nitrogens with zero attached hydrogens (tertiary/aromatic N) is 2. The molecule has 0 amide bonds. The van der Waals surface area contributed by atoms with E-state index in [2.05, 4.69) is 0 Å². The van der Waals surface area contributed by atoms with Crippen LogP contribution in [0.25, 0.3) is 0 Å². The Hall–Kier alpha value is -2.78. The van der Waals surface area contributed by atoms with Crippen LogP contribution in [0.1, 0.15) is 23.2 Å². The monoisotopic (exact) mass is 390 g/mol. The van der Waals surface area contributed by atoms with E-state index in [0.29, 0.717) is 24.4 Å². The van der Waals surface area contributed by atoms with Gasteiger partial charge in [-0.25, -0.2) is 8.42 Å². The second-order valence-electron chi connectivity index (χ2n) is 6.10. The van der Waals surface area contributed by atoms with Crippen LogP contribution in [0.15, 0.2) is 53.4 Å². The van der Waals surface area contributed by atoms with Crippen LogP contribution in [0, 0.1) is 10.1 Å². The van der Waals surface area contributed by atoms with E-state index in [1.165, 1.54) is 52.8 Å². The number of hydrogen-bond acceptors (Lipinski definition) is 6. The van der Waals surface area contributed by atoms with Gasteiger partial charge in [-0.1, -0.05) is 0 Å². The van der Waals surface area contributed by atoms with Gasteiger partial charge in [0, 0.05) is 30.8 Å². The van der Waals surface area contributed by atoms with Crippen LogP contribution >= 0.6 is 0 Å². The third kappa shape index (κ3) is 4.32. The summed E-state index contributed by atoms with van der Waals surface area (Å²) in [5.41, 5.74) is 0.265. The molecule has 0 aromatic heterocycles. The predicted octanol–water partition coefficient (Wildman–Crippen LogP) is 2.64. The van der Waals surface area contributed by atoms with E-state index in [0.717, 1.165) is 12.8 Å². The van der Waals surface area contributed by atoms with Crippen molar-refractivity contribution in [3.8, 4) is 5.75 Å². The number of benzene rings is 2. The molecule has 0 bridgehead atoms. The summed E-state index contributed by atoms with van der Waals surface area (Å²) < 4.78 is 31.7. The van der Waals surface area contributed by atoms with Crippen molar-refractivity contribution in [2.75, 3.05) is 19.7 Å². The molecule has 0 spiro atoms. The second-order valence-corrected chi connectivity index (χ2v) is 8.04. The van der Waals surface area contributed by atoms with E-state index in [9.17, 15) is 23.3 Å². The van der Waals surface area contributed by atoms with Gasteiger partial charge in [-0.15, -0.1) is 0 Å². The third-order valence-electron chi connectivity index (χ3n) is 4.30. The van der Waals surface area contributed by atoms with E-state index < -0.39 is 14.9 Å². The van der Waals surface area contributed by atoms with Gasteiger partial charge in [-0.3, -0.25) is 14.9 Å². The zero-order valence-electron chi connectivity index (χ0n) is 14.4. The lowest BCUT2D eigenvalue weighted by Gasteiger charge is -2.15. The standard InChI is InChI=1S/C18H18N2O6S/c21-18(13-26-16-7-5-15(6-8-16)20(22)23)14-3-9-17(10-4-14)27(24,25)19-11-1-2-12-19/h3-10H,1-2,11-13H2. The highest BCUT2D eigenvalue weighted by Crippen LogP contribution is 2.21. The first-order chi connectivity index (χ1) is 12.9. The van der Waals surface area contributed by atoms with Gasteiger partial charge in [0.25, 0.3) is 5.69 Å². The van der Waals surface area contributed by atoms with Gasteiger partial charge in [0.05, 0.1) is 9.82 Å². The maximum atomic E-state index is 12.5. The van der Waals surface area contributed by atoms with Crippen LogP contribution in [-0.2, 0) is 10.0 Å². The largest absolute Gasteiger partial charge is 0.485 e. The van der Waals surface area contributed by atoms with Gasteiger partial charge in [-0.2, -0.15) is 4.31 Å². The molecule has 0 atom stereocenters. The van der Waals surface area contributed by atoms with Crippen molar-refractivity contribution in [1.82, 2.24) is 4.31 Å². The SMILES string of the molecule is O=C(COc1ccc([N+](=O)[O-])cc1)c1ccc(S(=O)(=O)N2CCCC2)cc1. The molecule has 1 saturated heterocycles. The number of nitro groups is 1. The minimum atomic E-state index is -3.51. The highest BCUT2D eigenvalue weighted by atomic mass is 32.2. The minimum Gasteiger partial charge on any atom is -0.485 e. The van der Waals surface area contributed by atoms with Crippen molar-refractivity contribution < 1.29 is 22.9 Å². The van der Waals surface area contributed by atoms with E-state index in [-0.39, 0.29) is 23.0 Å². The first kappa shape index (κ1) is 19.0. The summed E-state index contributed by atoms with van der Waals surface area (Å²) in [6, 6.07) is 11.2. The Balaban J connectivity index is 1.62. The molecule has 1 heterocycles. The van der Waals surface area contributed by atoms with Crippen LogP contribution in [0.4, 0.5) is 5.69 Å². The summed E-state index contributed by atoms with van der Waals surface area (Å²) >= 11 is 0. The van der Waals surface area contributed by atoms with Gasteiger partial charge >= 0.3 is 0 Å². The Morgan fingerprint density at radius 1 is 1.04 bits per heavy atom. The molecule has 1 fully saturated rings. The molecular formula is C18H18N2O6S.